The van der Waals surface area contributed by atoms with Crippen molar-refractivity contribution >= 4 is 23.2 Å². The minimum Gasteiger partial charge on any atom is -0.495 e. The molecule has 6 nitrogen and oxygen atoms in total. The summed E-state index contributed by atoms with van der Waals surface area (Å²) < 4.78 is 15.0. The maximum absolute atomic E-state index is 12.1. The summed E-state index contributed by atoms with van der Waals surface area (Å²) in [5.74, 6) is 0.448. The van der Waals surface area contributed by atoms with Gasteiger partial charge in [0.1, 0.15) is 17.8 Å². The first-order chi connectivity index (χ1) is 9.56. The van der Waals surface area contributed by atoms with Gasteiger partial charge in [-0.15, -0.1) is 0 Å². The molecule has 2 aromatic rings. The minimum atomic E-state index is -0.404. The summed E-state index contributed by atoms with van der Waals surface area (Å²) in [7, 11) is 2.97. The molecular weight excluding hydrogens is 284 g/mol. The van der Waals surface area contributed by atoms with Gasteiger partial charge in [-0.25, -0.2) is 0 Å². The van der Waals surface area contributed by atoms with Gasteiger partial charge in [-0.1, -0.05) is 16.8 Å². The number of hydrogen-bond donors (Lipinski definition) is 1. The molecule has 1 N–H and O–H groups in total. The molecule has 1 aromatic carbocycles. The van der Waals surface area contributed by atoms with Crippen molar-refractivity contribution in [1.82, 2.24) is 5.16 Å². The number of benzene rings is 1. The summed E-state index contributed by atoms with van der Waals surface area (Å²) in [5, 5.41) is 6.71. The fourth-order valence-electron chi connectivity index (χ4n) is 1.65. The second-order valence-corrected chi connectivity index (χ2v) is 4.39. The lowest BCUT2D eigenvalue weighted by Gasteiger charge is -2.12. The Kier molecular flexibility index (Phi) is 4.14. The second kappa shape index (κ2) is 5.83. The molecule has 7 heteroatoms. The quantitative estimate of drug-likeness (QED) is 0.939. The molecular formula is C13H13ClN2O4. The summed E-state index contributed by atoms with van der Waals surface area (Å²) >= 11 is 6.00. The Morgan fingerprint density at radius 3 is 2.55 bits per heavy atom. The molecule has 0 aliphatic heterocycles. The van der Waals surface area contributed by atoms with Gasteiger partial charge in [0, 0.05) is 17.7 Å². The molecule has 106 valence electrons. The molecule has 20 heavy (non-hydrogen) atoms. The van der Waals surface area contributed by atoms with Crippen LogP contribution in [0.15, 0.2) is 22.9 Å². The number of nitrogens with zero attached hydrogens (tertiary/aromatic N) is 1. The summed E-state index contributed by atoms with van der Waals surface area (Å²) in [6.07, 6.45) is 1.40. The lowest BCUT2D eigenvalue weighted by atomic mass is 10.2. The van der Waals surface area contributed by atoms with E-state index in [1.54, 1.807) is 19.1 Å². The van der Waals surface area contributed by atoms with Crippen LogP contribution in [0.25, 0.3) is 0 Å². The number of nitrogens with one attached hydrogen (secondary N) is 1. The molecule has 2 rings (SSSR count). The van der Waals surface area contributed by atoms with Crippen LogP contribution in [-0.2, 0) is 0 Å². The monoisotopic (exact) mass is 296 g/mol. The number of rotatable bonds is 4. The molecule has 0 saturated carbocycles. The fraction of sp³-hybridized carbons (Fsp3) is 0.231. The van der Waals surface area contributed by atoms with Gasteiger partial charge >= 0.3 is 0 Å². The molecule has 1 aromatic heterocycles. The van der Waals surface area contributed by atoms with E-state index in [1.165, 1.54) is 20.5 Å². The number of amides is 1. The first-order valence-corrected chi connectivity index (χ1v) is 6.08. The molecule has 1 amide bonds. The lowest BCUT2D eigenvalue weighted by molar-refractivity contribution is 0.101. The van der Waals surface area contributed by atoms with E-state index >= 15 is 0 Å². The van der Waals surface area contributed by atoms with Crippen LogP contribution in [0, 0.1) is 6.92 Å². The van der Waals surface area contributed by atoms with Crippen LogP contribution in [0.2, 0.25) is 5.02 Å². The molecule has 0 atom stereocenters. The van der Waals surface area contributed by atoms with Crippen LogP contribution >= 0.6 is 11.6 Å². The Morgan fingerprint density at radius 1 is 1.30 bits per heavy atom. The van der Waals surface area contributed by atoms with Gasteiger partial charge in [0.05, 0.1) is 24.9 Å². The van der Waals surface area contributed by atoms with Crippen molar-refractivity contribution in [3.63, 3.8) is 0 Å². The van der Waals surface area contributed by atoms with Crippen molar-refractivity contribution in [3.8, 4) is 11.5 Å². The average Bonchev–Trinajstić information content (AvgIpc) is 2.86. The van der Waals surface area contributed by atoms with Crippen molar-refractivity contribution in [2.75, 3.05) is 19.5 Å². The molecule has 0 unspecified atom stereocenters. The number of aryl methyl sites for hydroxylation is 1. The van der Waals surface area contributed by atoms with E-state index in [4.69, 9.17) is 25.6 Å². The number of methoxy groups -OCH3 is 2. The van der Waals surface area contributed by atoms with Crippen molar-refractivity contribution < 1.29 is 18.8 Å². The average molecular weight is 297 g/mol. The topological polar surface area (TPSA) is 73.6 Å². The number of carbonyl (C=O) groups excluding carboxylic acids is 1. The summed E-state index contributed by atoms with van der Waals surface area (Å²) in [6.45, 7) is 1.73. The van der Waals surface area contributed by atoms with Crippen molar-refractivity contribution in [1.29, 1.82) is 0 Å². The highest BCUT2D eigenvalue weighted by molar-refractivity contribution is 6.32. The Bertz CT molecular complexity index is 639. The minimum absolute atomic E-state index is 0.209. The highest BCUT2D eigenvalue weighted by atomic mass is 35.5. The van der Waals surface area contributed by atoms with Crippen LogP contribution in [0.4, 0.5) is 5.69 Å². The van der Waals surface area contributed by atoms with Crippen molar-refractivity contribution in [2.45, 2.75) is 6.92 Å². The van der Waals surface area contributed by atoms with Gasteiger partial charge in [-0.05, 0) is 6.92 Å². The normalized spacial score (nSPS) is 10.2. The van der Waals surface area contributed by atoms with E-state index in [9.17, 15) is 4.79 Å². The maximum Gasteiger partial charge on any atom is 0.278 e. The second-order valence-electron chi connectivity index (χ2n) is 3.99. The van der Waals surface area contributed by atoms with Crippen molar-refractivity contribution in [3.05, 3.63) is 34.7 Å². The van der Waals surface area contributed by atoms with Crippen molar-refractivity contribution in [2.24, 2.45) is 0 Å². The smallest absolute Gasteiger partial charge is 0.278 e. The van der Waals surface area contributed by atoms with E-state index < -0.39 is 5.91 Å². The van der Waals surface area contributed by atoms with Gasteiger partial charge in [0.2, 0.25) is 0 Å². The van der Waals surface area contributed by atoms with Gasteiger partial charge in [0.15, 0.2) is 5.69 Å². The number of aromatic nitrogens is 1. The number of hydrogen-bond acceptors (Lipinski definition) is 5. The van der Waals surface area contributed by atoms with E-state index in [0.717, 1.165) is 0 Å². The summed E-state index contributed by atoms with van der Waals surface area (Å²) in [6, 6.07) is 3.14. The summed E-state index contributed by atoms with van der Waals surface area (Å²) in [5.41, 5.74) is 1.28. The van der Waals surface area contributed by atoms with Gasteiger partial charge < -0.3 is 19.3 Å². The number of anilines is 1. The zero-order valence-electron chi connectivity index (χ0n) is 11.2. The molecule has 0 saturated heterocycles. The van der Waals surface area contributed by atoms with E-state index in [-0.39, 0.29) is 5.69 Å². The van der Waals surface area contributed by atoms with Crippen LogP contribution < -0.4 is 14.8 Å². The third-order valence-electron chi connectivity index (χ3n) is 2.68. The largest absolute Gasteiger partial charge is 0.495 e. The SMILES string of the molecule is COc1cc(NC(=O)c2nocc2C)c(OC)cc1Cl. The van der Waals surface area contributed by atoms with Gasteiger partial charge in [-0.3, -0.25) is 4.79 Å². The first kappa shape index (κ1) is 14.2. The molecule has 0 aliphatic carbocycles. The molecule has 0 bridgehead atoms. The predicted octanol–water partition coefficient (Wildman–Crippen LogP) is 2.91. The Balaban J connectivity index is 2.33. The van der Waals surface area contributed by atoms with E-state index in [1.807, 2.05) is 0 Å². The highest BCUT2D eigenvalue weighted by Gasteiger charge is 2.17. The van der Waals surface area contributed by atoms with Gasteiger partial charge in [0.25, 0.3) is 5.91 Å². The van der Waals surface area contributed by atoms with Crippen LogP contribution in [0.5, 0.6) is 11.5 Å². The summed E-state index contributed by atoms with van der Waals surface area (Å²) in [4.78, 5) is 12.1. The first-order valence-electron chi connectivity index (χ1n) is 5.70. The third kappa shape index (κ3) is 2.70. The molecule has 1 heterocycles. The van der Waals surface area contributed by atoms with Gasteiger partial charge in [-0.2, -0.15) is 0 Å². The van der Waals surface area contributed by atoms with Crippen LogP contribution in [-0.4, -0.2) is 25.3 Å². The Morgan fingerprint density at radius 2 is 2.00 bits per heavy atom. The molecule has 0 aliphatic rings. The highest BCUT2D eigenvalue weighted by Crippen LogP contribution is 2.36. The van der Waals surface area contributed by atoms with Crippen LogP contribution in [0.1, 0.15) is 16.1 Å². The van der Waals surface area contributed by atoms with E-state index in [0.29, 0.717) is 27.8 Å². The number of ether oxygens (including phenoxy) is 2. The number of halogens is 1. The lowest BCUT2D eigenvalue weighted by Crippen LogP contribution is -2.14. The standard InChI is InChI=1S/C13H13ClN2O4/c1-7-6-20-16-12(7)13(17)15-9-5-10(18-2)8(14)4-11(9)19-3/h4-6H,1-3H3,(H,15,17). The molecule has 0 spiro atoms. The third-order valence-corrected chi connectivity index (χ3v) is 2.98. The number of carbonyl (C=O) groups is 1. The Hall–Kier alpha value is -2.21. The molecule has 0 radical (unpaired) electrons. The van der Waals surface area contributed by atoms with Crippen LogP contribution in [0.3, 0.4) is 0 Å². The Labute approximate surface area is 120 Å². The maximum atomic E-state index is 12.1. The molecule has 0 fully saturated rings. The van der Waals surface area contributed by atoms with E-state index in [2.05, 4.69) is 10.5 Å². The zero-order chi connectivity index (χ0) is 14.7. The zero-order valence-corrected chi connectivity index (χ0v) is 11.9. The predicted molar refractivity (Wildman–Crippen MR) is 73.7 cm³/mol. The fourth-order valence-corrected chi connectivity index (χ4v) is 1.88.